The van der Waals surface area contributed by atoms with Crippen LogP contribution in [0, 0.1) is 5.82 Å². The third-order valence-electron chi connectivity index (χ3n) is 2.00. The normalized spacial score (nSPS) is 13.7. The first-order valence-electron chi connectivity index (χ1n) is 4.79. The van der Waals surface area contributed by atoms with Crippen molar-refractivity contribution in [2.75, 3.05) is 5.33 Å². The van der Waals surface area contributed by atoms with Gasteiger partial charge in [-0.25, -0.2) is 17.5 Å². The van der Waals surface area contributed by atoms with Crippen LogP contribution < -0.4 is 4.72 Å². The van der Waals surface area contributed by atoms with E-state index in [9.17, 15) is 12.8 Å². The minimum Gasteiger partial charge on any atom is -0.208 e. The van der Waals surface area contributed by atoms with E-state index in [0.29, 0.717) is 11.8 Å². The summed E-state index contributed by atoms with van der Waals surface area (Å²) >= 11 is 3.23. The molecule has 0 amide bonds. The molecule has 1 N–H and O–H groups in total. The lowest BCUT2D eigenvalue weighted by Gasteiger charge is -2.12. The minimum atomic E-state index is -3.62. The second-order valence-corrected chi connectivity index (χ2v) is 5.96. The smallest absolute Gasteiger partial charge is 0.208 e. The molecule has 0 aromatic heterocycles. The van der Waals surface area contributed by atoms with Crippen molar-refractivity contribution in [3.8, 4) is 0 Å². The molecule has 1 atom stereocenters. The van der Waals surface area contributed by atoms with E-state index in [1.807, 2.05) is 0 Å². The van der Waals surface area contributed by atoms with Gasteiger partial charge in [0.1, 0.15) is 5.82 Å². The fourth-order valence-corrected chi connectivity index (χ4v) is 3.19. The van der Waals surface area contributed by atoms with Gasteiger partial charge in [0.05, 0.1) is 4.90 Å². The Bertz CT molecular complexity index is 450. The Morgan fingerprint density at radius 2 is 2.19 bits per heavy atom. The van der Waals surface area contributed by atoms with Gasteiger partial charge in [0, 0.05) is 11.4 Å². The highest BCUT2D eigenvalue weighted by atomic mass is 79.9. The summed E-state index contributed by atoms with van der Waals surface area (Å²) in [4.78, 5) is -0.0473. The summed E-state index contributed by atoms with van der Waals surface area (Å²) in [6.45, 7) is 1.76. The van der Waals surface area contributed by atoms with Gasteiger partial charge in [-0.1, -0.05) is 22.0 Å². The van der Waals surface area contributed by atoms with E-state index in [1.165, 1.54) is 18.2 Å². The zero-order valence-electron chi connectivity index (χ0n) is 8.78. The highest BCUT2D eigenvalue weighted by Crippen LogP contribution is 2.11. The maximum atomic E-state index is 12.9. The maximum Gasteiger partial charge on any atom is 0.240 e. The van der Waals surface area contributed by atoms with E-state index in [0.717, 1.165) is 6.07 Å². The van der Waals surface area contributed by atoms with Crippen molar-refractivity contribution in [3.63, 3.8) is 0 Å². The van der Waals surface area contributed by atoms with Gasteiger partial charge in [-0.2, -0.15) is 0 Å². The third kappa shape index (κ3) is 3.84. The van der Waals surface area contributed by atoms with E-state index in [-0.39, 0.29) is 10.9 Å². The Balaban J connectivity index is 2.86. The fraction of sp³-hybridized carbons (Fsp3) is 0.400. The van der Waals surface area contributed by atoms with Crippen LogP contribution in [-0.4, -0.2) is 19.8 Å². The Morgan fingerprint density at radius 1 is 1.50 bits per heavy atom. The number of alkyl halides is 1. The number of hydrogen-bond acceptors (Lipinski definition) is 2. The van der Waals surface area contributed by atoms with Crippen LogP contribution in [0.2, 0.25) is 0 Å². The molecule has 0 aliphatic rings. The molecule has 0 saturated carbocycles. The van der Waals surface area contributed by atoms with E-state index < -0.39 is 15.8 Å². The Morgan fingerprint density at radius 3 is 2.75 bits per heavy atom. The predicted octanol–water partition coefficient (Wildman–Crippen LogP) is 2.28. The zero-order chi connectivity index (χ0) is 12.2. The van der Waals surface area contributed by atoms with Gasteiger partial charge in [-0.05, 0) is 31.5 Å². The molecule has 0 bridgehead atoms. The van der Waals surface area contributed by atoms with Gasteiger partial charge >= 0.3 is 0 Å². The first-order valence-corrected chi connectivity index (χ1v) is 7.40. The Hall–Kier alpha value is -0.460. The van der Waals surface area contributed by atoms with Crippen molar-refractivity contribution in [1.82, 2.24) is 4.72 Å². The second kappa shape index (κ2) is 5.75. The predicted molar refractivity (Wildman–Crippen MR) is 64.6 cm³/mol. The van der Waals surface area contributed by atoms with E-state index in [1.54, 1.807) is 6.92 Å². The van der Waals surface area contributed by atoms with Crippen LogP contribution >= 0.6 is 15.9 Å². The molecule has 0 radical (unpaired) electrons. The number of benzene rings is 1. The standard InChI is InChI=1S/C10H13BrFNO2S/c1-8(5-6-11)13-16(14,15)10-4-2-3-9(12)7-10/h2-4,7-8,13H,5-6H2,1H3. The average Bonchev–Trinajstić information content (AvgIpc) is 2.17. The number of nitrogens with one attached hydrogen (secondary N) is 1. The van der Waals surface area contributed by atoms with E-state index in [4.69, 9.17) is 0 Å². The number of sulfonamides is 1. The van der Waals surface area contributed by atoms with Crippen LogP contribution in [0.1, 0.15) is 13.3 Å². The molecule has 0 heterocycles. The molecule has 1 unspecified atom stereocenters. The second-order valence-electron chi connectivity index (χ2n) is 3.46. The first kappa shape index (κ1) is 13.6. The van der Waals surface area contributed by atoms with Gasteiger partial charge in [0.15, 0.2) is 0 Å². The molecule has 1 rings (SSSR count). The zero-order valence-corrected chi connectivity index (χ0v) is 11.2. The summed E-state index contributed by atoms with van der Waals surface area (Å²) in [5, 5.41) is 0.708. The molecule has 0 aliphatic heterocycles. The maximum absolute atomic E-state index is 12.9. The van der Waals surface area contributed by atoms with Crippen LogP contribution in [0.4, 0.5) is 4.39 Å². The Kier molecular flexibility index (Phi) is 4.89. The molecule has 16 heavy (non-hydrogen) atoms. The lowest BCUT2D eigenvalue weighted by atomic mass is 10.3. The Labute approximate surface area is 103 Å². The highest BCUT2D eigenvalue weighted by molar-refractivity contribution is 9.09. The van der Waals surface area contributed by atoms with Gasteiger partial charge in [-0.15, -0.1) is 0 Å². The van der Waals surface area contributed by atoms with Crippen LogP contribution in [0.15, 0.2) is 29.2 Å². The number of rotatable bonds is 5. The quantitative estimate of drug-likeness (QED) is 0.848. The van der Waals surface area contributed by atoms with Crippen molar-refractivity contribution in [1.29, 1.82) is 0 Å². The lowest BCUT2D eigenvalue weighted by molar-refractivity contribution is 0.555. The number of halogens is 2. The van der Waals surface area contributed by atoms with Gasteiger partial charge in [-0.3, -0.25) is 0 Å². The monoisotopic (exact) mass is 309 g/mol. The third-order valence-corrected chi connectivity index (χ3v) is 4.05. The van der Waals surface area contributed by atoms with Crippen LogP contribution in [0.5, 0.6) is 0 Å². The van der Waals surface area contributed by atoms with Crippen LogP contribution in [0.25, 0.3) is 0 Å². The van der Waals surface area contributed by atoms with E-state index in [2.05, 4.69) is 20.7 Å². The van der Waals surface area contributed by atoms with Crippen molar-refractivity contribution >= 4 is 26.0 Å². The summed E-state index contributed by atoms with van der Waals surface area (Å²) in [5.74, 6) is -0.559. The van der Waals surface area contributed by atoms with Crippen molar-refractivity contribution in [2.45, 2.75) is 24.3 Å². The molecule has 0 saturated heterocycles. The van der Waals surface area contributed by atoms with Crippen molar-refractivity contribution < 1.29 is 12.8 Å². The molecule has 0 aliphatic carbocycles. The van der Waals surface area contributed by atoms with Crippen molar-refractivity contribution in [3.05, 3.63) is 30.1 Å². The summed E-state index contributed by atoms with van der Waals surface area (Å²) in [6, 6.07) is 4.77. The summed E-state index contributed by atoms with van der Waals surface area (Å²) in [7, 11) is -3.62. The molecule has 0 spiro atoms. The molecule has 3 nitrogen and oxygen atoms in total. The molecular formula is C10H13BrFNO2S. The fourth-order valence-electron chi connectivity index (χ4n) is 1.19. The average molecular weight is 310 g/mol. The largest absolute Gasteiger partial charge is 0.240 e. The van der Waals surface area contributed by atoms with Gasteiger partial charge < -0.3 is 0 Å². The molecular weight excluding hydrogens is 297 g/mol. The summed E-state index contributed by atoms with van der Waals surface area (Å²) < 4.78 is 38.9. The topological polar surface area (TPSA) is 46.2 Å². The molecule has 90 valence electrons. The highest BCUT2D eigenvalue weighted by Gasteiger charge is 2.17. The van der Waals surface area contributed by atoms with E-state index >= 15 is 0 Å². The molecule has 1 aromatic rings. The van der Waals surface area contributed by atoms with Gasteiger partial charge in [0.2, 0.25) is 10.0 Å². The minimum absolute atomic E-state index is 0.0473. The van der Waals surface area contributed by atoms with Crippen molar-refractivity contribution in [2.24, 2.45) is 0 Å². The summed E-state index contributed by atoms with van der Waals surface area (Å²) in [5.41, 5.74) is 0. The lowest BCUT2D eigenvalue weighted by Crippen LogP contribution is -2.32. The SMILES string of the molecule is CC(CCBr)NS(=O)(=O)c1cccc(F)c1. The summed E-state index contributed by atoms with van der Waals surface area (Å²) in [6.07, 6.45) is 0.675. The molecule has 1 aromatic carbocycles. The molecule has 0 fully saturated rings. The first-order chi connectivity index (χ1) is 7.45. The van der Waals surface area contributed by atoms with Crippen LogP contribution in [-0.2, 0) is 10.0 Å². The van der Waals surface area contributed by atoms with Crippen LogP contribution in [0.3, 0.4) is 0 Å². The van der Waals surface area contributed by atoms with Gasteiger partial charge in [0.25, 0.3) is 0 Å². The number of hydrogen-bond donors (Lipinski definition) is 1. The molecule has 6 heteroatoms.